The average molecular weight is 248 g/mol. The Morgan fingerprint density at radius 2 is 2.28 bits per heavy atom. The summed E-state index contributed by atoms with van der Waals surface area (Å²) in [4.78, 5) is 2.44. The minimum absolute atomic E-state index is 0.309. The van der Waals surface area contributed by atoms with Gasteiger partial charge < -0.3 is 10.1 Å². The highest BCUT2D eigenvalue weighted by atomic mass is 16.5. The van der Waals surface area contributed by atoms with Crippen LogP contribution in [0.3, 0.4) is 0 Å². The molecule has 1 atom stereocenters. The number of likely N-dealkylation sites (N-methyl/N-ethyl adjacent to an activating group) is 1. The summed E-state index contributed by atoms with van der Waals surface area (Å²) in [5.74, 6) is 0. The Morgan fingerprint density at radius 1 is 1.39 bits per heavy atom. The lowest BCUT2D eigenvalue weighted by Gasteiger charge is -2.32. The van der Waals surface area contributed by atoms with Crippen molar-refractivity contribution in [2.75, 3.05) is 38.1 Å². The van der Waals surface area contributed by atoms with Gasteiger partial charge in [-0.3, -0.25) is 4.90 Å². The van der Waals surface area contributed by atoms with Gasteiger partial charge >= 0.3 is 0 Å². The lowest BCUT2D eigenvalue weighted by atomic mass is 10.1. The molecule has 3 heteroatoms. The Kier molecular flexibility index (Phi) is 5.02. The molecule has 1 aromatic rings. The van der Waals surface area contributed by atoms with Crippen LogP contribution in [0.5, 0.6) is 0 Å². The molecule has 0 aromatic heterocycles. The molecule has 3 nitrogen and oxygen atoms in total. The number of morpholine rings is 1. The van der Waals surface area contributed by atoms with Gasteiger partial charge in [-0.25, -0.2) is 0 Å². The fourth-order valence-electron chi connectivity index (χ4n) is 2.32. The molecular weight excluding hydrogens is 224 g/mol. The van der Waals surface area contributed by atoms with E-state index in [1.165, 1.54) is 11.3 Å². The fraction of sp³-hybridized carbons (Fsp3) is 0.600. The minimum Gasteiger partial charge on any atom is -0.382 e. The smallest absolute Gasteiger partial charge is 0.0874 e. The van der Waals surface area contributed by atoms with Crippen LogP contribution in [0.2, 0.25) is 0 Å². The van der Waals surface area contributed by atoms with Crippen LogP contribution in [-0.2, 0) is 11.2 Å². The van der Waals surface area contributed by atoms with E-state index in [0.717, 1.165) is 39.2 Å². The summed E-state index contributed by atoms with van der Waals surface area (Å²) in [5.41, 5.74) is 2.58. The normalized spacial score (nSPS) is 20.9. The van der Waals surface area contributed by atoms with E-state index in [4.69, 9.17) is 4.74 Å². The summed E-state index contributed by atoms with van der Waals surface area (Å²) in [6, 6.07) is 8.63. The highest BCUT2D eigenvalue weighted by molar-refractivity contribution is 5.45. The molecule has 1 aliphatic rings. The van der Waals surface area contributed by atoms with Crippen molar-refractivity contribution in [3.05, 3.63) is 29.8 Å². The molecule has 18 heavy (non-hydrogen) atoms. The number of rotatable bonds is 5. The van der Waals surface area contributed by atoms with E-state index in [1.807, 2.05) is 0 Å². The zero-order chi connectivity index (χ0) is 12.8. The number of anilines is 1. The van der Waals surface area contributed by atoms with Gasteiger partial charge in [-0.05, 0) is 30.7 Å². The molecular formula is C15H24N2O. The van der Waals surface area contributed by atoms with Crippen LogP contribution in [0, 0.1) is 0 Å². The van der Waals surface area contributed by atoms with Crippen LogP contribution >= 0.6 is 0 Å². The fourth-order valence-corrected chi connectivity index (χ4v) is 2.32. The maximum absolute atomic E-state index is 5.78. The van der Waals surface area contributed by atoms with Crippen molar-refractivity contribution < 1.29 is 4.74 Å². The molecule has 0 spiro atoms. The molecule has 1 fully saturated rings. The Morgan fingerprint density at radius 3 is 3.06 bits per heavy atom. The third-order valence-electron chi connectivity index (χ3n) is 3.54. The molecule has 0 bridgehead atoms. The van der Waals surface area contributed by atoms with Crippen molar-refractivity contribution >= 4 is 5.69 Å². The van der Waals surface area contributed by atoms with E-state index in [2.05, 4.69) is 48.3 Å². The van der Waals surface area contributed by atoms with Gasteiger partial charge in [0.15, 0.2) is 0 Å². The Labute approximate surface area is 110 Å². The van der Waals surface area contributed by atoms with Crippen molar-refractivity contribution in [1.29, 1.82) is 0 Å². The van der Waals surface area contributed by atoms with Gasteiger partial charge in [-0.15, -0.1) is 0 Å². The molecule has 0 saturated carbocycles. The van der Waals surface area contributed by atoms with E-state index in [0.29, 0.717) is 6.10 Å². The third-order valence-corrected chi connectivity index (χ3v) is 3.54. The monoisotopic (exact) mass is 248 g/mol. The molecule has 1 saturated heterocycles. The van der Waals surface area contributed by atoms with Crippen LogP contribution in [-0.4, -0.2) is 43.8 Å². The summed E-state index contributed by atoms with van der Waals surface area (Å²) in [6.45, 7) is 9.36. The van der Waals surface area contributed by atoms with Gasteiger partial charge in [0.2, 0.25) is 0 Å². The van der Waals surface area contributed by atoms with Crippen LogP contribution in [0.1, 0.15) is 19.4 Å². The number of hydrogen-bond acceptors (Lipinski definition) is 3. The second kappa shape index (κ2) is 6.76. The van der Waals surface area contributed by atoms with Crippen LogP contribution in [0.4, 0.5) is 5.69 Å². The molecule has 1 N–H and O–H groups in total. The topological polar surface area (TPSA) is 24.5 Å². The quantitative estimate of drug-likeness (QED) is 0.866. The zero-order valence-electron chi connectivity index (χ0n) is 11.5. The summed E-state index contributed by atoms with van der Waals surface area (Å²) < 4.78 is 5.78. The van der Waals surface area contributed by atoms with E-state index in [-0.39, 0.29) is 0 Å². The second-order valence-corrected chi connectivity index (χ2v) is 4.82. The average Bonchev–Trinajstić information content (AvgIpc) is 2.45. The van der Waals surface area contributed by atoms with Crippen molar-refractivity contribution in [3.63, 3.8) is 0 Å². The van der Waals surface area contributed by atoms with Gasteiger partial charge in [-0.1, -0.05) is 26.0 Å². The van der Waals surface area contributed by atoms with Crippen molar-refractivity contribution in [2.45, 2.75) is 26.4 Å². The molecule has 100 valence electrons. The van der Waals surface area contributed by atoms with Gasteiger partial charge in [0.25, 0.3) is 0 Å². The first kappa shape index (κ1) is 13.4. The van der Waals surface area contributed by atoms with Crippen LogP contribution in [0.25, 0.3) is 0 Å². The lowest BCUT2D eigenvalue weighted by Crippen LogP contribution is -2.45. The number of hydrogen-bond donors (Lipinski definition) is 1. The van der Waals surface area contributed by atoms with Crippen molar-refractivity contribution in [3.8, 4) is 0 Å². The number of aryl methyl sites for hydroxylation is 1. The zero-order valence-corrected chi connectivity index (χ0v) is 11.5. The predicted molar refractivity (Wildman–Crippen MR) is 76.2 cm³/mol. The highest BCUT2D eigenvalue weighted by Gasteiger charge is 2.18. The predicted octanol–water partition coefficient (Wildman–Crippen LogP) is 2.38. The first-order valence-corrected chi connectivity index (χ1v) is 6.98. The maximum atomic E-state index is 5.78. The van der Waals surface area contributed by atoms with Gasteiger partial charge in [0.05, 0.1) is 12.7 Å². The van der Waals surface area contributed by atoms with Crippen molar-refractivity contribution in [1.82, 2.24) is 4.90 Å². The van der Waals surface area contributed by atoms with Gasteiger partial charge in [-0.2, -0.15) is 0 Å². The Balaban J connectivity index is 1.83. The molecule has 1 unspecified atom stereocenters. The molecule has 1 aromatic carbocycles. The van der Waals surface area contributed by atoms with Gasteiger partial charge in [0.1, 0.15) is 0 Å². The number of benzene rings is 1. The van der Waals surface area contributed by atoms with Gasteiger partial charge in [0, 0.05) is 25.3 Å². The first-order chi connectivity index (χ1) is 8.81. The second-order valence-electron chi connectivity index (χ2n) is 4.82. The summed E-state index contributed by atoms with van der Waals surface area (Å²) in [7, 11) is 0. The number of ether oxygens (including phenoxy) is 1. The Bertz CT molecular complexity index is 367. The molecule has 0 aliphatic carbocycles. The third kappa shape index (κ3) is 3.72. The van der Waals surface area contributed by atoms with E-state index < -0.39 is 0 Å². The molecule has 2 rings (SSSR count). The molecule has 1 heterocycles. The number of nitrogens with one attached hydrogen (secondary N) is 1. The van der Waals surface area contributed by atoms with Crippen LogP contribution in [0.15, 0.2) is 24.3 Å². The SMILES string of the molecule is CCc1cccc(NCC2CN(CC)CCO2)c1. The standard InChI is InChI=1S/C15H24N2O/c1-3-13-6-5-7-14(10-13)16-11-15-12-17(4-2)8-9-18-15/h5-7,10,15-16H,3-4,8-9,11-12H2,1-2H3. The van der Waals surface area contributed by atoms with Crippen molar-refractivity contribution in [2.24, 2.45) is 0 Å². The maximum Gasteiger partial charge on any atom is 0.0874 e. The largest absolute Gasteiger partial charge is 0.382 e. The summed E-state index contributed by atoms with van der Waals surface area (Å²) in [5, 5.41) is 3.48. The number of nitrogens with zero attached hydrogens (tertiary/aromatic N) is 1. The summed E-state index contributed by atoms with van der Waals surface area (Å²) in [6.07, 6.45) is 1.39. The Hall–Kier alpha value is -1.06. The minimum atomic E-state index is 0.309. The first-order valence-electron chi connectivity index (χ1n) is 6.98. The van der Waals surface area contributed by atoms with E-state index >= 15 is 0 Å². The van der Waals surface area contributed by atoms with Crippen LogP contribution < -0.4 is 5.32 Å². The van der Waals surface area contributed by atoms with E-state index in [9.17, 15) is 0 Å². The lowest BCUT2D eigenvalue weighted by molar-refractivity contribution is -0.0191. The summed E-state index contributed by atoms with van der Waals surface area (Å²) >= 11 is 0. The molecule has 1 aliphatic heterocycles. The van der Waals surface area contributed by atoms with E-state index in [1.54, 1.807) is 0 Å². The molecule has 0 radical (unpaired) electrons. The highest BCUT2D eigenvalue weighted by Crippen LogP contribution is 2.12. The molecule has 0 amide bonds.